The lowest BCUT2D eigenvalue weighted by molar-refractivity contribution is -0.126. The van der Waals surface area contributed by atoms with E-state index >= 15 is 0 Å². The fraction of sp³-hybridized carbons (Fsp3) is 0.769. The molecule has 8 heteroatoms. The van der Waals surface area contributed by atoms with Crippen LogP contribution in [0.3, 0.4) is 0 Å². The van der Waals surface area contributed by atoms with E-state index in [4.69, 9.17) is 9.72 Å². The number of nitrogens with one attached hydrogen (secondary N) is 2. The molecule has 2 atom stereocenters. The Balaban J connectivity index is 2.37. The molecule has 2 N–H and O–H groups in total. The van der Waals surface area contributed by atoms with Gasteiger partial charge in [0.2, 0.25) is 0 Å². The van der Waals surface area contributed by atoms with E-state index in [9.17, 15) is 9.59 Å². The van der Waals surface area contributed by atoms with Gasteiger partial charge in [0.25, 0.3) is 5.91 Å². The molecule has 0 saturated carbocycles. The van der Waals surface area contributed by atoms with Crippen molar-refractivity contribution in [2.24, 2.45) is 17.8 Å². The van der Waals surface area contributed by atoms with E-state index in [-0.39, 0.29) is 40.9 Å². The predicted octanol–water partition coefficient (Wildman–Crippen LogP) is 3.52. The first-order valence-corrected chi connectivity index (χ1v) is 12.6. The summed E-state index contributed by atoms with van der Waals surface area (Å²) < 4.78 is 5.16. The Labute approximate surface area is 205 Å². The molecule has 2 rings (SSSR count). The van der Waals surface area contributed by atoms with Gasteiger partial charge in [-0.1, -0.05) is 48.5 Å². The van der Waals surface area contributed by atoms with Crippen molar-refractivity contribution in [2.75, 3.05) is 45.2 Å². The summed E-state index contributed by atoms with van der Waals surface area (Å²) in [7, 11) is 1.68. The third-order valence-electron chi connectivity index (χ3n) is 6.07. The van der Waals surface area contributed by atoms with Crippen LogP contribution in [0.4, 0.5) is 5.82 Å². The number of ketones is 1. The second-order valence-corrected chi connectivity index (χ2v) is 11.1. The number of amides is 1. The number of carbonyl (C=O) groups is 2. The van der Waals surface area contributed by atoms with Crippen molar-refractivity contribution in [3.63, 3.8) is 0 Å². The number of piperidine rings is 1. The zero-order valence-electron chi connectivity index (χ0n) is 22.4. The van der Waals surface area contributed by atoms with Crippen LogP contribution in [0.5, 0.6) is 0 Å². The second kappa shape index (κ2) is 12.6. The zero-order chi connectivity index (χ0) is 25.5. The molecule has 0 aromatic carbocycles. The van der Waals surface area contributed by atoms with Crippen LogP contribution in [-0.2, 0) is 14.9 Å². The van der Waals surface area contributed by atoms with Crippen molar-refractivity contribution in [1.29, 1.82) is 0 Å². The highest BCUT2D eigenvalue weighted by molar-refractivity contribution is 5.98. The Morgan fingerprint density at radius 1 is 1.24 bits per heavy atom. The van der Waals surface area contributed by atoms with Crippen LogP contribution in [0.2, 0.25) is 0 Å². The smallest absolute Gasteiger partial charge is 0.259 e. The van der Waals surface area contributed by atoms with Gasteiger partial charge in [0.05, 0.1) is 0 Å². The zero-order valence-corrected chi connectivity index (χ0v) is 22.4. The highest BCUT2D eigenvalue weighted by Crippen LogP contribution is 2.26. The molecule has 0 bridgehead atoms. The highest BCUT2D eigenvalue weighted by Gasteiger charge is 2.35. The van der Waals surface area contributed by atoms with Crippen LogP contribution in [0.1, 0.15) is 77.5 Å². The molecular formula is C26H45N5O3. The normalized spacial score (nSPS) is 18.9. The molecule has 1 amide bonds. The first-order valence-electron chi connectivity index (χ1n) is 12.6. The van der Waals surface area contributed by atoms with Gasteiger partial charge < -0.3 is 20.3 Å². The fourth-order valence-electron chi connectivity index (χ4n) is 4.25. The topological polar surface area (TPSA) is 96.4 Å². The van der Waals surface area contributed by atoms with Crippen molar-refractivity contribution in [1.82, 2.24) is 20.2 Å². The quantitative estimate of drug-likeness (QED) is 0.473. The number of anilines is 1. The summed E-state index contributed by atoms with van der Waals surface area (Å²) in [6.45, 7) is 17.5. The average molecular weight is 476 g/mol. The summed E-state index contributed by atoms with van der Waals surface area (Å²) in [4.78, 5) is 37.9. The van der Waals surface area contributed by atoms with Gasteiger partial charge in [-0.3, -0.25) is 9.59 Å². The van der Waals surface area contributed by atoms with Crippen molar-refractivity contribution >= 4 is 17.5 Å². The van der Waals surface area contributed by atoms with Crippen LogP contribution in [-0.4, -0.2) is 72.5 Å². The van der Waals surface area contributed by atoms with Gasteiger partial charge in [-0.2, -0.15) is 0 Å². The minimum Gasteiger partial charge on any atom is -0.385 e. The molecule has 1 aromatic heterocycles. The van der Waals surface area contributed by atoms with E-state index in [1.54, 1.807) is 13.3 Å². The molecule has 1 aliphatic heterocycles. The molecule has 0 aliphatic carbocycles. The van der Waals surface area contributed by atoms with Gasteiger partial charge in [-0.15, -0.1) is 0 Å². The Morgan fingerprint density at radius 3 is 2.53 bits per heavy atom. The lowest BCUT2D eigenvalue weighted by atomic mass is 9.86. The number of aromatic nitrogens is 2. The van der Waals surface area contributed by atoms with Crippen molar-refractivity contribution in [2.45, 2.75) is 72.8 Å². The van der Waals surface area contributed by atoms with Gasteiger partial charge in [-0.25, -0.2) is 9.97 Å². The summed E-state index contributed by atoms with van der Waals surface area (Å²) in [5.41, 5.74) is 0.239. The first-order chi connectivity index (χ1) is 16.0. The van der Waals surface area contributed by atoms with Gasteiger partial charge in [-0.05, 0) is 18.8 Å². The van der Waals surface area contributed by atoms with Crippen LogP contribution < -0.4 is 10.6 Å². The van der Waals surface area contributed by atoms with Crippen molar-refractivity contribution in [3.05, 3.63) is 17.6 Å². The Hall–Kier alpha value is -2.06. The molecule has 2 unspecified atom stereocenters. The number of hydrogen-bond donors (Lipinski definition) is 2. The Bertz CT molecular complexity index is 819. The third-order valence-corrected chi connectivity index (χ3v) is 6.07. The molecule has 1 fully saturated rings. The maximum absolute atomic E-state index is 13.9. The molecule has 1 aliphatic rings. The number of hydrogen-bond acceptors (Lipinski definition) is 7. The number of carbonyl (C=O) groups excluding carboxylic acids is 2. The van der Waals surface area contributed by atoms with Crippen LogP contribution >= 0.6 is 0 Å². The number of nitrogens with zero attached hydrogens (tertiary/aromatic N) is 3. The SMILES string of the molecule is COCCCNc1nc(C(C)(C)C)ncc1C(=O)N(CC(C)C)C1CNCC(C(=O)C(C)C)C1. The lowest BCUT2D eigenvalue weighted by Gasteiger charge is -2.39. The molecule has 2 heterocycles. The van der Waals surface area contributed by atoms with E-state index in [0.717, 1.165) is 6.42 Å². The highest BCUT2D eigenvalue weighted by atomic mass is 16.5. The fourth-order valence-corrected chi connectivity index (χ4v) is 4.25. The molecule has 1 saturated heterocycles. The van der Waals surface area contributed by atoms with Gasteiger partial charge >= 0.3 is 0 Å². The molecule has 192 valence electrons. The lowest BCUT2D eigenvalue weighted by Crippen LogP contribution is -2.54. The van der Waals surface area contributed by atoms with E-state index in [1.165, 1.54) is 0 Å². The molecule has 0 spiro atoms. The molecule has 34 heavy (non-hydrogen) atoms. The number of rotatable bonds is 11. The molecule has 1 aromatic rings. The minimum absolute atomic E-state index is 0.0129. The van der Waals surface area contributed by atoms with Crippen molar-refractivity contribution in [3.8, 4) is 0 Å². The van der Waals surface area contributed by atoms with E-state index in [0.29, 0.717) is 56.4 Å². The second-order valence-electron chi connectivity index (χ2n) is 11.1. The number of ether oxygens (including phenoxy) is 1. The minimum atomic E-state index is -0.236. The van der Waals surface area contributed by atoms with Crippen LogP contribution in [0.25, 0.3) is 0 Å². The van der Waals surface area contributed by atoms with Gasteiger partial charge in [0.15, 0.2) is 0 Å². The van der Waals surface area contributed by atoms with Gasteiger partial charge in [0.1, 0.15) is 23.0 Å². The summed E-state index contributed by atoms with van der Waals surface area (Å²) in [6.07, 6.45) is 3.15. The summed E-state index contributed by atoms with van der Waals surface area (Å²) >= 11 is 0. The maximum atomic E-state index is 13.9. The Kier molecular flexibility index (Phi) is 10.4. The summed E-state index contributed by atoms with van der Waals surface area (Å²) in [5, 5.41) is 6.74. The summed E-state index contributed by atoms with van der Waals surface area (Å²) in [6, 6.07) is -0.0556. The standard InChI is InChI=1S/C26H45N5O3/c1-17(2)16-31(20-12-19(13-27-14-20)22(32)18(3)4)24(33)21-15-29-25(26(5,6)7)30-23(21)28-10-9-11-34-8/h15,17-20,27H,9-14,16H2,1-8H3,(H,28,29,30). The average Bonchev–Trinajstić information content (AvgIpc) is 2.78. The predicted molar refractivity (Wildman–Crippen MR) is 136 cm³/mol. The maximum Gasteiger partial charge on any atom is 0.259 e. The van der Waals surface area contributed by atoms with Crippen LogP contribution in [0, 0.1) is 17.8 Å². The summed E-state index contributed by atoms with van der Waals surface area (Å²) in [5.74, 6) is 1.62. The number of Topliss-reactive ketones (excluding diaryl/α,β-unsaturated/α-hetero) is 1. The van der Waals surface area contributed by atoms with E-state index in [2.05, 4.69) is 50.2 Å². The Morgan fingerprint density at radius 2 is 1.94 bits per heavy atom. The van der Waals surface area contributed by atoms with Gasteiger partial charge in [0, 0.05) is 69.4 Å². The molecule has 8 nitrogen and oxygen atoms in total. The van der Waals surface area contributed by atoms with E-state index in [1.807, 2.05) is 18.7 Å². The first kappa shape index (κ1) is 28.2. The van der Waals surface area contributed by atoms with Crippen LogP contribution in [0.15, 0.2) is 6.20 Å². The van der Waals surface area contributed by atoms with E-state index < -0.39 is 0 Å². The third kappa shape index (κ3) is 7.73. The monoisotopic (exact) mass is 475 g/mol. The number of methoxy groups -OCH3 is 1. The largest absolute Gasteiger partial charge is 0.385 e. The van der Waals surface area contributed by atoms with Crippen molar-refractivity contribution < 1.29 is 14.3 Å². The molecular weight excluding hydrogens is 430 g/mol. The molecule has 0 radical (unpaired) electrons.